The Kier molecular flexibility index (Phi) is 5.85. The molecule has 3 aromatic rings. The normalized spacial score (nSPS) is 12.9. The van der Waals surface area contributed by atoms with Gasteiger partial charge in [-0.1, -0.05) is 30.0 Å². The van der Waals surface area contributed by atoms with Crippen LogP contribution >= 0.6 is 11.8 Å². The van der Waals surface area contributed by atoms with E-state index in [2.05, 4.69) is 15.5 Å². The van der Waals surface area contributed by atoms with Crippen molar-refractivity contribution in [1.29, 1.82) is 0 Å². The van der Waals surface area contributed by atoms with Crippen LogP contribution in [-0.2, 0) is 4.79 Å². The number of nitrogens with one attached hydrogen (secondary N) is 1. The first kappa shape index (κ1) is 20.8. The maximum Gasteiger partial charge on any atom is 0.261 e. The second kappa shape index (κ2) is 8.73. The van der Waals surface area contributed by atoms with Crippen molar-refractivity contribution < 1.29 is 14.4 Å². The lowest BCUT2D eigenvalue weighted by Crippen LogP contribution is -2.31. The maximum atomic E-state index is 12.5. The van der Waals surface area contributed by atoms with Gasteiger partial charge in [-0.25, -0.2) is 0 Å². The minimum atomic E-state index is -0.237. The van der Waals surface area contributed by atoms with Crippen LogP contribution in [-0.4, -0.2) is 49.7 Å². The molecule has 0 saturated heterocycles. The van der Waals surface area contributed by atoms with Crippen LogP contribution < -0.4 is 5.32 Å². The fraction of sp³-hybridized carbons (Fsp3) is 0.227. The van der Waals surface area contributed by atoms with Crippen molar-refractivity contribution >= 4 is 35.2 Å². The van der Waals surface area contributed by atoms with Crippen LogP contribution in [0.3, 0.4) is 0 Å². The van der Waals surface area contributed by atoms with E-state index in [1.54, 1.807) is 24.3 Å². The molecule has 3 amide bonds. The first-order valence-electron chi connectivity index (χ1n) is 9.84. The van der Waals surface area contributed by atoms with Gasteiger partial charge in [0.2, 0.25) is 5.91 Å². The Morgan fingerprint density at radius 1 is 1.03 bits per heavy atom. The fourth-order valence-corrected chi connectivity index (χ4v) is 4.41. The van der Waals surface area contributed by atoms with Gasteiger partial charge in [0.25, 0.3) is 11.8 Å². The first-order chi connectivity index (χ1) is 15.0. The van der Waals surface area contributed by atoms with E-state index in [1.807, 2.05) is 35.8 Å². The van der Waals surface area contributed by atoms with Crippen molar-refractivity contribution in [2.24, 2.45) is 0 Å². The number of hydrogen-bond acceptors (Lipinski definition) is 6. The topological polar surface area (TPSA) is 97.2 Å². The van der Waals surface area contributed by atoms with Gasteiger partial charge in [0.1, 0.15) is 5.82 Å². The van der Waals surface area contributed by atoms with Crippen molar-refractivity contribution in [3.8, 4) is 5.69 Å². The number of fused-ring (bicyclic) bond motifs is 1. The van der Waals surface area contributed by atoms with Gasteiger partial charge in [-0.2, -0.15) is 0 Å². The number of rotatable bonds is 7. The van der Waals surface area contributed by atoms with E-state index in [0.717, 1.165) is 11.5 Å². The van der Waals surface area contributed by atoms with Crippen LogP contribution in [0.5, 0.6) is 0 Å². The Balaban J connectivity index is 1.40. The van der Waals surface area contributed by atoms with Gasteiger partial charge in [0.15, 0.2) is 5.16 Å². The Morgan fingerprint density at radius 3 is 2.42 bits per heavy atom. The smallest absolute Gasteiger partial charge is 0.261 e. The monoisotopic (exact) mass is 435 g/mol. The lowest BCUT2D eigenvalue weighted by Gasteiger charge is -2.13. The highest BCUT2D eigenvalue weighted by atomic mass is 32.2. The van der Waals surface area contributed by atoms with E-state index in [4.69, 9.17) is 0 Å². The lowest BCUT2D eigenvalue weighted by atomic mass is 10.1. The second-order valence-electron chi connectivity index (χ2n) is 7.11. The van der Waals surface area contributed by atoms with Gasteiger partial charge in [-0.05, 0) is 43.7 Å². The van der Waals surface area contributed by atoms with Gasteiger partial charge >= 0.3 is 0 Å². The average molecular weight is 436 g/mol. The van der Waals surface area contributed by atoms with E-state index in [-0.39, 0.29) is 17.7 Å². The third-order valence-electron chi connectivity index (χ3n) is 4.86. The molecule has 158 valence electrons. The summed E-state index contributed by atoms with van der Waals surface area (Å²) in [4.78, 5) is 37.6. The highest BCUT2D eigenvalue weighted by Gasteiger charge is 2.34. The fourth-order valence-electron chi connectivity index (χ4n) is 3.49. The zero-order chi connectivity index (χ0) is 22.0. The van der Waals surface area contributed by atoms with Crippen LogP contribution in [0.15, 0.2) is 53.7 Å². The zero-order valence-corrected chi connectivity index (χ0v) is 18.0. The van der Waals surface area contributed by atoms with E-state index >= 15 is 0 Å². The molecule has 0 radical (unpaired) electrons. The second-order valence-corrected chi connectivity index (χ2v) is 8.17. The SMILES string of the molecule is CC(=O)Nc1cccc(-n2c(C)nnc2SCCCN2C(=O)c3ccccc3C2=O)c1. The highest BCUT2D eigenvalue weighted by Crippen LogP contribution is 2.26. The minimum Gasteiger partial charge on any atom is -0.326 e. The molecule has 9 heteroatoms. The molecule has 1 N–H and O–H groups in total. The molecule has 1 aliphatic rings. The molecule has 0 spiro atoms. The Hall–Kier alpha value is -3.46. The third-order valence-corrected chi connectivity index (χ3v) is 5.87. The van der Waals surface area contributed by atoms with Crippen molar-refractivity contribution in [2.75, 3.05) is 17.6 Å². The Morgan fingerprint density at radius 2 is 1.74 bits per heavy atom. The molecule has 0 fully saturated rings. The van der Waals surface area contributed by atoms with Gasteiger partial charge in [0, 0.05) is 24.9 Å². The molecule has 2 heterocycles. The molecule has 1 aromatic heterocycles. The average Bonchev–Trinajstić information content (AvgIpc) is 3.23. The van der Waals surface area contributed by atoms with E-state index in [1.165, 1.54) is 23.6 Å². The molecule has 0 unspecified atom stereocenters. The number of nitrogens with zero attached hydrogens (tertiary/aromatic N) is 4. The maximum absolute atomic E-state index is 12.5. The van der Waals surface area contributed by atoms with E-state index in [0.29, 0.717) is 40.7 Å². The first-order valence-corrected chi connectivity index (χ1v) is 10.8. The largest absolute Gasteiger partial charge is 0.326 e. The van der Waals surface area contributed by atoms with Gasteiger partial charge in [-0.15, -0.1) is 10.2 Å². The van der Waals surface area contributed by atoms with Gasteiger partial charge in [-0.3, -0.25) is 23.9 Å². The summed E-state index contributed by atoms with van der Waals surface area (Å²) >= 11 is 1.50. The summed E-state index contributed by atoms with van der Waals surface area (Å²) in [5.74, 6) is 0.777. The number of carbonyl (C=O) groups excluding carboxylic acids is 3. The van der Waals surface area contributed by atoms with Crippen LogP contribution in [0.25, 0.3) is 5.69 Å². The summed E-state index contributed by atoms with van der Waals surface area (Å²) in [5, 5.41) is 11.9. The molecule has 8 nitrogen and oxygen atoms in total. The highest BCUT2D eigenvalue weighted by molar-refractivity contribution is 7.99. The molecule has 31 heavy (non-hydrogen) atoms. The quantitative estimate of drug-likeness (QED) is 0.347. The predicted molar refractivity (Wildman–Crippen MR) is 118 cm³/mol. The number of amides is 3. The molecule has 1 aliphatic heterocycles. The minimum absolute atomic E-state index is 0.139. The predicted octanol–water partition coefficient (Wildman–Crippen LogP) is 3.31. The van der Waals surface area contributed by atoms with Crippen molar-refractivity contribution in [3.05, 3.63) is 65.5 Å². The molecule has 0 atom stereocenters. The number of aromatic nitrogens is 3. The van der Waals surface area contributed by atoms with E-state index in [9.17, 15) is 14.4 Å². The molecular weight excluding hydrogens is 414 g/mol. The summed E-state index contributed by atoms with van der Waals surface area (Å²) in [7, 11) is 0. The third kappa shape index (κ3) is 4.22. The molecule has 4 rings (SSSR count). The van der Waals surface area contributed by atoms with Gasteiger partial charge < -0.3 is 5.32 Å². The molecule has 0 saturated carbocycles. The lowest BCUT2D eigenvalue weighted by molar-refractivity contribution is -0.114. The van der Waals surface area contributed by atoms with Crippen LogP contribution in [0, 0.1) is 6.92 Å². The number of aryl methyl sites for hydroxylation is 1. The summed E-state index contributed by atoms with van der Waals surface area (Å²) in [6, 6.07) is 14.4. The van der Waals surface area contributed by atoms with Crippen molar-refractivity contribution in [1.82, 2.24) is 19.7 Å². The number of thioether (sulfide) groups is 1. The number of hydrogen-bond donors (Lipinski definition) is 1. The summed E-state index contributed by atoms with van der Waals surface area (Å²) in [6.07, 6.45) is 0.633. The van der Waals surface area contributed by atoms with E-state index < -0.39 is 0 Å². The number of anilines is 1. The number of carbonyl (C=O) groups is 3. The Labute approximate surface area is 183 Å². The molecular formula is C22H21N5O3S. The van der Waals surface area contributed by atoms with Crippen LogP contribution in [0.4, 0.5) is 5.69 Å². The number of imide groups is 1. The summed E-state index contributed by atoms with van der Waals surface area (Å²) in [6.45, 7) is 3.68. The molecule has 2 aromatic carbocycles. The summed E-state index contributed by atoms with van der Waals surface area (Å²) < 4.78 is 1.91. The molecule has 0 aliphatic carbocycles. The molecule has 0 bridgehead atoms. The van der Waals surface area contributed by atoms with Gasteiger partial charge in [0.05, 0.1) is 16.8 Å². The van der Waals surface area contributed by atoms with Crippen LogP contribution in [0.2, 0.25) is 0 Å². The van der Waals surface area contributed by atoms with Crippen molar-refractivity contribution in [3.63, 3.8) is 0 Å². The Bertz CT molecular complexity index is 1140. The zero-order valence-electron chi connectivity index (χ0n) is 17.2. The standard InChI is InChI=1S/C22H21N5O3S/c1-14-24-25-22(27(14)17-8-5-7-16(13-17)23-15(2)28)31-12-6-11-26-20(29)18-9-3-4-10-19(18)21(26)30/h3-5,7-10,13H,6,11-12H2,1-2H3,(H,23,28). The number of benzene rings is 2. The summed E-state index contributed by atoms with van der Waals surface area (Å²) in [5.41, 5.74) is 2.47. The van der Waals surface area contributed by atoms with Crippen molar-refractivity contribution in [2.45, 2.75) is 25.4 Å². The van der Waals surface area contributed by atoms with Crippen LogP contribution in [0.1, 0.15) is 39.9 Å².